The molecule has 6 heteroatoms. The molecule has 0 radical (unpaired) electrons. The maximum absolute atomic E-state index is 13.3. The van der Waals surface area contributed by atoms with Gasteiger partial charge in [0, 0.05) is 12.1 Å². The van der Waals surface area contributed by atoms with Gasteiger partial charge < -0.3 is 14.6 Å². The van der Waals surface area contributed by atoms with Crippen molar-refractivity contribution in [2.45, 2.75) is 25.4 Å². The third-order valence-electron chi connectivity index (χ3n) is 3.90. The first kappa shape index (κ1) is 15.3. The summed E-state index contributed by atoms with van der Waals surface area (Å²) in [6, 6.07) is 8.51. The molecule has 1 aliphatic rings. The first-order chi connectivity index (χ1) is 11.1. The average molecular weight is 316 g/mol. The van der Waals surface area contributed by atoms with Crippen molar-refractivity contribution in [2.24, 2.45) is 0 Å². The zero-order valence-corrected chi connectivity index (χ0v) is 12.5. The Morgan fingerprint density at radius 3 is 2.91 bits per heavy atom. The van der Waals surface area contributed by atoms with E-state index < -0.39 is 11.9 Å². The lowest BCUT2D eigenvalue weighted by atomic mass is 10.1. The lowest BCUT2D eigenvalue weighted by molar-refractivity contribution is -0.125. The Morgan fingerprint density at radius 1 is 1.30 bits per heavy atom. The van der Waals surface area contributed by atoms with Gasteiger partial charge in [-0.3, -0.25) is 9.59 Å². The van der Waals surface area contributed by atoms with E-state index in [1.165, 1.54) is 29.4 Å². The zero-order valence-electron chi connectivity index (χ0n) is 12.5. The first-order valence-electron chi connectivity index (χ1n) is 7.52. The summed E-state index contributed by atoms with van der Waals surface area (Å²) in [7, 11) is 0. The third kappa shape index (κ3) is 3.41. The van der Waals surface area contributed by atoms with Gasteiger partial charge in [0.25, 0.3) is 5.91 Å². The summed E-state index contributed by atoms with van der Waals surface area (Å²) in [4.78, 5) is 26.3. The van der Waals surface area contributed by atoms with Crippen molar-refractivity contribution >= 4 is 11.8 Å². The summed E-state index contributed by atoms with van der Waals surface area (Å²) in [5, 5.41) is 2.77. The predicted molar refractivity (Wildman–Crippen MR) is 81.0 cm³/mol. The first-order valence-corrected chi connectivity index (χ1v) is 7.52. The molecular formula is C17H17FN2O3. The summed E-state index contributed by atoms with van der Waals surface area (Å²) in [6.45, 7) is 0.776. The second-order valence-corrected chi connectivity index (χ2v) is 5.46. The van der Waals surface area contributed by atoms with Gasteiger partial charge in [-0.25, -0.2) is 4.39 Å². The predicted octanol–water partition coefficient (Wildman–Crippen LogP) is 2.34. The van der Waals surface area contributed by atoms with Crippen LogP contribution in [-0.4, -0.2) is 29.3 Å². The van der Waals surface area contributed by atoms with Gasteiger partial charge in [-0.1, -0.05) is 6.07 Å². The Morgan fingerprint density at radius 2 is 2.17 bits per heavy atom. The van der Waals surface area contributed by atoms with E-state index in [-0.39, 0.29) is 23.9 Å². The van der Waals surface area contributed by atoms with E-state index in [1.54, 1.807) is 18.2 Å². The highest BCUT2D eigenvalue weighted by Crippen LogP contribution is 2.21. The van der Waals surface area contributed by atoms with Crippen LogP contribution >= 0.6 is 0 Å². The Kier molecular flexibility index (Phi) is 4.41. The smallest absolute Gasteiger partial charge is 0.254 e. The molecule has 2 heterocycles. The summed E-state index contributed by atoms with van der Waals surface area (Å²) in [6.07, 6.45) is 2.89. The summed E-state index contributed by atoms with van der Waals surface area (Å²) in [5.41, 5.74) is 0.260. The number of furan rings is 1. The number of hydrogen-bond acceptors (Lipinski definition) is 3. The van der Waals surface area contributed by atoms with Crippen LogP contribution in [0.5, 0.6) is 0 Å². The van der Waals surface area contributed by atoms with E-state index in [9.17, 15) is 14.0 Å². The number of nitrogens with one attached hydrogen (secondary N) is 1. The van der Waals surface area contributed by atoms with Gasteiger partial charge in [-0.2, -0.15) is 0 Å². The minimum Gasteiger partial charge on any atom is -0.467 e. The highest BCUT2D eigenvalue weighted by Gasteiger charge is 2.34. The molecule has 1 aromatic heterocycles. The van der Waals surface area contributed by atoms with Gasteiger partial charge in [0.1, 0.15) is 17.6 Å². The van der Waals surface area contributed by atoms with Gasteiger partial charge in [-0.05, 0) is 43.2 Å². The molecule has 1 aliphatic heterocycles. The molecule has 1 aromatic carbocycles. The largest absolute Gasteiger partial charge is 0.467 e. The zero-order chi connectivity index (χ0) is 16.2. The van der Waals surface area contributed by atoms with Crippen molar-refractivity contribution < 1.29 is 18.4 Å². The number of rotatable bonds is 4. The maximum Gasteiger partial charge on any atom is 0.254 e. The van der Waals surface area contributed by atoms with Crippen molar-refractivity contribution in [2.75, 3.05) is 6.54 Å². The standard InChI is InChI=1S/C17H17FN2O3/c18-13-5-1-4-12(10-13)17(22)20-8-2-7-15(20)16(21)19-11-14-6-3-9-23-14/h1,3-6,9-10,15H,2,7-8,11H2,(H,19,21). The summed E-state index contributed by atoms with van der Waals surface area (Å²) in [5.74, 6) is -0.350. The van der Waals surface area contributed by atoms with Crippen molar-refractivity contribution in [1.29, 1.82) is 0 Å². The van der Waals surface area contributed by atoms with Crippen LogP contribution in [0.4, 0.5) is 4.39 Å². The molecule has 2 amide bonds. The monoisotopic (exact) mass is 316 g/mol. The molecule has 23 heavy (non-hydrogen) atoms. The van der Waals surface area contributed by atoms with Crippen LogP contribution in [0.2, 0.25) is 0 Å². The van der Waals surface area contributed by atoms with Crippen LogP contribution in [0.25, 0.3) is 0 Å². The fraction of sp³-hybridized carbons (Fsp3) is 0.294. The lowest BCUT2D eigenvalue weighted by Gasteiger charge is -2.24. The fourth-order valence-electron chi connectivity index (χ4n) is 2.77. The molecule has 1 unspecified atom stereocenters. The molecule has 0 spiro atoms. The van der Waals surface area contributed by atoms with E-state index in [2.05, 4.69) is 5.32 Å². The van der Waals surface area contributed by atoms with Gasteiger partial charge in [0.05, 0.1) is 12.8 Å². The van der Waals surface area contributed by atoms with E-state index in [0.29, 0.717) is 18.7 Å². The van der Waals surface area contributed by atoms with E-state index in [0.717, 1.165) is 6.42 Å². The molecule has 5 nitrogen and oxygen atoms in total. The highest BCUT2D eigenvalue weighted by molar-refractivity contribution is 5.97. The van der Waals surface area contributed by atoms with Crippen molar-refractivity contribution in [1.82, 2.24) is 10.2 Å². The van der Waals surface area contributed by atoms with Crippen LogP contribution in [0.1, 0.15) is 29.0 Å². The number of likely N-dealkylation sites (tertiary alicyclic amines) is 1. The molecule has 2 aromatic rings. The number of halogens is 1. The number of carbonyl (C=O) groups is 2. The lowest BCUT2D eigenvalue weighted by Crippen LogP contribution is -2.45. The van der Waals surface area contributed by atoms with Gasteiger partial charge in [0.2, 0.25) is 5.91 Å². The van der Waals surface area contributed by atoms with Gasteiger partial charge in [0.15, 0.2) is 0 Å². The second kappa shape index (κ2) is 6.64. The van der Waals surface area contributed by atoms with Gasteiger partial charge >= 0.3 is 0 Å². The Bertz CT molecular complexity index is 700. The number of carbonyl (C=O) groups excluding carboxylic acids is 2. The van der Waals surface area contributed by atoms with Gasteiger partial charge in [-0.15, -0.1) is 0 Å². The highest BCUT2D eigenvalue weighted by atomic mass is 19.1. The van der Waals surface area contributed by atoms with Crippen LogP contribution in [0.15, 0.2) is 47.1 Å². The molecule has 0 bridgehead atoms. The minimum atomic E-state index is -0.527. The Hall–Kier alpha value is -2.63. The topological polar surface area (TPSA) is 62.6 Å². The molecule has 1 N–H and O–H groups in total. The van der Waals surface area contributed by atoms with E-state index >= 15 is 0 Å². The molecule has 3 rings (SSSR count). The number of hydrogen-bond donors (Lipinski definition) is 1. The molecule has 1 fully saturated rings. The van der Waals surface area contributed by atoms with Crippen LogP contribution in [0.3, 0.4) is 0 Å². The van der Waals surface area contributed by atoms with Crippen molar-refractivity contribution in [3.05, 3.63) is 59.8 Å². The fourth-order valence-corrected chi connectivity index (χ4v) is 2.77. The normalized spacial score (nSPS) is 17.3. The van der Waals surface area contributed by atoms with Crippen LogP contribution in [0, 0.1) is 5.82 Å². The van der Waals surface area contributed by atoms with E-state index in [4.69, 9.17) is 4.42 Å². The molecule has 0 aliphatic carbocycles. The Balaban J connectivity index is 1.67. The molecule has 1 saturated heterocycles. The Labute approximate surface area is 133 Å². The minimum absolute atomic E-state index is 0.219. The molecule has 0 saturated carbocycles. The van der Waals surface area contributed by atoms with Crippen molar-refractivity contribution in [3.8, 4) is 0 Å². The number of nitrogens with zero attached hydrogens (tertiary/aromatic N) is 1. The number of amides is 2. The second-order valence-electron chi connectivity index (χ2n) is 5.46. The summed E-state index contributed by atoms with van der Waals surface area (Å²) < 4.78 is 18.5. The quantitative estimate of drug-likeness (QED) is 0.942. The average Bonchev–Trinajstić information content (AvgIpc) is 3.23. The van der Waals surface area contributed by atoms with Crippen LogP contribution in [-0.2, 0) is 11.3 Å². The van der Waals surface area contributed by atoms with E-state index in [1.807, 2.05) is 0 Å². The maximum atomic E-state index is 13.3. The third-order valence-corrected chi connectivity index (χ3v) is 3.90. The number of benzene rings is 1. The SMILES string of the molecule is O=C(NCc1ccco1)C1CCCN1C(=O)c1cccc(F)c1. The molecule has 120 valence electrons. The summed E-state index contributed by atoms with van der Waals surface area (Å²) >= 11 is 0. The van der Waals surface area contributed by atoms with Crippen molar-refractivity contribution in [3.63, 3.8) is 0 Å². The molecular weight excluding hydrogens is 299 g/mol. The van der Waals surface area contributed by atoms with Crippen LogP contribution < -0.4 is 5.32 Å². The molecule has 1 atom stereocenters.